The van der Waals surface area contributed by atoms with Crippen LogP contribution in [0.25, 0.3) is 0 Å². The van der Waals surface area contributed by atoms with Crippen LogP contribution in [0.2, 0.25) is 0 Å². The van der Waals surface area contributed by atoms with Crippen molar-refractivity contribution in [2.24, 2.45) is 0 Å². The van der Waals surface area contributed by atoms with Crippen LogP contribution in [0.3, 0.4) is 0 Å². The Kier molecular flexibility index (Phi) is 3.29. The van der Waals surface area contributed by atoms with Crippen LogP contribution in [0.15, 0.2) is 24.3 Å². The smallest absolute Gasteiger partial charge is 0.122 e. The SMILES string of the molecule is c1ccc2c(c1)CC(NC1CCNCC1)CO2. The molecule has 2 aliphatic rings. The number of ether oxygens (including phenoxy) is 1. The van der Waals surface area contributed by atoms with Crippen LogP contribution >= 0.6 is 0 Å². The molecule has 92 valence electrons. The molecule has 1 aromatic rings. The summed E-state index contributed by atoms with van der Waals surface area (Å²) in [7, 11) is 0. The van der Waals surface area contributed by atoms with E-state index < -0.39 is 0 Å². The Labute approximate surface area is 103 Å². The quantitative estimate of drug-likeness (QED) is 0.807. The van der Waals surface area contributed by atoms with Crippen molar-refractivity contribution in [1.82, 2.24) is 10.6 Å². The van der Waals surface area contributed by atoms with Gasteiger partial charge in [0.1, 0.15) is 12.4 Å². The molecule has 0 saturated carbocycles. The molecule has 2 N–H and O–H groups in total. The molecule has 1 aromatic carbocycles. The molecule has 3 rings (SSSR count). The van der Waals surface area contributed by atoms with Gasteiger partial charge in [-0.25, -0.2) is 0 Å². The second kappa shape index (κ2) is 5.07. The number of benzene rings is 1. The Hall–Kier alpha value is -1.06. The number of para-hydroxylation sites is 1. The molecular formula is C14H20N2O. The van der Waals surface area contributed by atoms with Crippen molar-refractivity contribution in [2.45, 2.75) is 31.3 Å². The molecule has 3 nitrogen and oxygen atoms in total. The number of rotatable bonds is 2. The number of piperidine rings is 1. The van der Waals surface area contributed by atoms with Gasteiger partial charge in [0, 0.05) is 12.1 Å². The Morgan fingerprint density at radius 3 is 2.82 bits per heavy atom. The lowest BCUT2D eigenvalue weighted by Gasteiger charge is -2.32. The van der Waals surface area contributed by atoms with Crippen LogP contribution < -0.4 is 15.4 Å². The van der Waals surface area contributed by atoms with Crippen LogP contribution in [0, 0.1) is 0 Å². The summed E-state index contributed by atoms with van der Waals surface area (Å²) in [6, 6.07) is 9.51. The lowest BCUT2D eigenvalue weighted by molar-refractivity contribution is 0.217. The number of hydrogen-bond acceptors (Lipinski definition) is 3. The minimum atomic E-state index is 0.480. The maximum atomic E-state index is 5.80. The van der Waals surface area contributed by atoms with Gasteiger partial charge in [0.15, 0.2) is 0 Å². The first kappa shape index (κ1) is 11.1. The van der Waals surface area contributed by atoms with Crippen LogP contribution in [0.4, 0.5) is 0 Å². The highest BCUT2D eigenvalue weighted by Gasteiger charge is 2.22. The minimum Gasteiger partial charge on any atom is -0.492 e. The highest BCUT2D eigenvalue weighted by Crippen LogP contribution is 2.24. The fraction of sp³-hybridized carbons (Fsp3) is 0.571. The molecule has 1 unspecified atom stereocenters. The van der Waals surface area contributed by atoms with E-state index in [4.69, 9.17) is 4.74 Å². The van der Waals surface area contributed by atoms with Gasteiger partial charge in [-0.05, 0) is 44.0 Å². The van der Waals surface area contributed by atoms with Crippen molar-refractivity contribution in [1.29, 1.82) is 0 Å². The van der Waals surface area contributed by atoms with E-state index in [1.807, 2.05) is 6.07 Å². The zero-order chi connectivity index (χ0) is 11.5. The molecule has 2 heterocycles. The van der Waals surface area contributed by atoms with Gasteiger partial charge in [0.25, 0.3) is 0 Å². The fourth-order valence-corrected chi connectivity index (χ4v) is 2.76. The third-order valence-electron chi connectivity index (χ3n) is 3.69. The van der Waals surface area contributed by atoms with E-state index in [0.29, 0.717) is 12.1 Å². The molecular weight excluding hydrogens is 212 g/mol. The zero-order valence-corrected chi connectivity index (χ0v) is 10.1. The largest absolute Gasteiger partial charge is 0.492 e. The molecule has 1 atom stereocenters. The van der Waals surface area contributed by atoms with Gasteiger partial charge in [-0.2, -0.15) is 0 Å². The van der Waals surface area contributed by atoms with Gasteiger partial charge in [-0.1, -0.05) is 18.2 Å². The summed E-state index contributed by atoms with van der Waals surface area (Å²) in [6.07, 6.45) is 3.57. The lowest BCUT2D eigenvalue weighted by Crippen LogP contribution is -2.48. The van der Waals surface area contributed by atoms with E-state index in [1.54, 1.807) is 0 Å². The predicted molar refractivity (Wildman–Crippen MR) is 68.5 cm³/mol. The van der Waals surface area contributed by atoms with Crippen molar-refractivity contribution in [3.05, 3.63) is 29.8 Å². The summed E-state index contributed by atoms with van der Waals surface area (Å²) >= 11 is 0. The molecule has 0 amide bonds. The molecule has 17 heavy (non-hydrogen) atoms. The van der Waals surface area contributed by atoms with E-state index in [2.05, 4.69) is 28.8 Å². The van der Waals surface area contributed by atoms with Gasteiger partial charge in [-0.15, -0.1) is 0 Å². The second-order valence-electron chi connectivity index (χ2n) is 5.01. The summed E-state index contributed by atoms with van der Waals surface area (Å²) in [4.78, 5) is 0. The van der Waals surface area contributed by atoms with Crippen molar-refractivity contribution in [3.8, 4) is 5.75 Å². The number of fused-ring (bicyclic) bond motifs is 1. The Balaban J connectivity index is 1.60. The third kappa shape index (κ3) is 2.61. The minimum absolute atomic E-state index is 0.480. The molecule has 1 saturated heterocycles. The standard InChI is InChI=1S/C14H20N2O/c1-2-4-14-11(3-1)9-13(10-17-14)16-12-5-7-15-8-6-12/h1-4,12-13,15-16H,5-10H2. The predicted octanol–water partition coefficient (Wildman–Crippen LogP) is 1.33. The molecule has 0 radical (unpaired) electrons. The number of hydrogen-bond donors (Lipinski definition) is 2. The van der Waals surface area contributed by atoms with Gasteiger partial charge < -0.3 is 15.4 Å². The van der Waals surface area contributed by atoms with E-state index in [-0.39, 0.29) is 0 Å². The lowest BCUT2D eigenvalue weighted by atomic mass is 10.00. The van der Waals surface area contributed by atoms with E-state index in [1.165, 1.54) is 18.4 Å². The summed E-state index contributed by atoms with van der Waals surface area (Å²) in [6.45, 7) is 3.09. The Morgan fingerprint density at radius 1 is 1.12 bits per heavy atom. The van der Waals surface area contributed by atoms with E-state index in [9.17, 15) is 0 Å². The Bertz CT molecular complexity index is 374. The summed E-state index contributed by atoms with van der Waals surface area (Å²) in [5, 5.41) is 7.13. The van der Waals surface area contributed by atoms with Crippen molar-refractivity contribution >= 4 is 0 Å². The molecule has 3 heteroatoms. The van der Waals surface area contributed by atoms with Crippen molar-refractivity contribution in [2.75, 3.05) is 19.7 Å². The first-order valence-corrected chi connectivity index (χ1v) is 6.59. The summed E-state index contributed by atoms with van der Waals surface area (Å²) in [5.41, 5.74) is 1.34. The van der Waals surface area contributed by atoms with Crippen molar-refractivity contribution < 1.29 is 4.74 Å². The van der Waals surface area contributed by atoms with Crippen LogP contribution in [0.1, 0.15) is 18.4 Å². The summed E-state index contributed by atoms with van der Waals surface area (Å²) < 4.78 is 5.80. The monoisotopic (exact) mass is 232 g/mol. The van der Waals surface area contributed by atoms with E-state index >= 15 is 0 Å². The average Bonchev–Trinajstić information content (AvgIpc) is 2.40. The van der Waals surface area contributed by atoms with Crippen molar-refractivity contribution in [3.63, 3.8) is 0 Å². The average molecular weight is 232 g/mol. The van der Waals surface area contributed by atoms with Crippen LogP contribution in [-0.2, 0) is 6.42 Å². The zero-order valence-electron chi connectivity index (χ0n) is 10.1. The van der Waals surface area contributed by atoms with Gasteiger partial charge in [0.2, 0.25) is 0 Å². The fourth-order valence-electron chi connectivity index (χ4n) is 2.76. The molecule has 1 fully saturated rings. The number of nitrogens with one attached hydrogen (secondary N) is 2. The molecule has 0 aliphatic carbocycles. The van der Waals surface area contributed by atoms with E-state index in [0.717, 1.165) is 31.9 Å². The first-order valence-electron chi connectivity index (χ1n) is 6.59. The summed E-state index contributed by atoms with van der Waals surface area (Å²) in [5.74, 6) is 1.07. The first-order chi connectivity index (χ1) is 8.42. The highest BCUT2D eigenvalue weighted by molar-refractivity contribution is 5.35. The second-order valence-corrected chi connectivity index (χ2v) is 5.01. The van der Waals surface area contributed by atoms with Gasteiger partial charge in [-0.3, -0.25) is 0 Å². The Morgan fingerprint density at radius 2 is 1.94 bits per heavy atom. The maximum absolute atomic E-state index is 5.80. The van der Waals surface area contributed by atoms with Crippen LogP contribution in [-0.4, -0.2) is 31.8 Å². The van der Waals surface area contributed by atoms with Crippen LogP contribution in [0.5, 0.6) is 5.75 Å². The highest BCUT2D eigenvalue weighted by atomic mass is 16.5. The molecule has 0 bridgehead atoms. The third-order valence-corrected chi connectivity index (χ3v) is 3.69. The topological polar surface area (TPSA) is 33.3 Å². The van der Waals surface area contributed by atoms with Gasteiger partial charge >= 0.3 is 0 Å². The molecule has 0 spiro atoms. The molecule has 0 aromatic heterocycles. The molecule has 2 aliphatic heterocycles. The van der Waals surface area contributed by atoms with Gasteiger partial charge in [0.05, 0.1) is 0 Å². The normalized spacial score (nSPS) is 25.1. The maximum Gasteiger partial charge on any atom is 0.122 e.